The topological polar surface area (TPSA) is 36.8 Å². The molecule has 49 heavy (non-hydrogen) atoms. The maximum absolute atomic E-state index is 5.05. The molecule has 3 nitrogen and oxygen atoms in total. The van der Waals surface area contributed by atoms with Crippen LogP contribution in [0.1, 0.15) is 22.9 Å². The number of rotatable bonds is 4. The minimum absolute atomic E-state index is 0.224. The first kappa shape index (κ1) is 28.0. The molecule has 1 aliphatic rings. The van der Waals surface area contributed by atoms with Gasteiger partial charge in [-0.2, -0.15) is 0 Å². The predicted octanol–water partition coefficient (Wildman–Crippen LogP) is 11.7. The Kier molecular flexibility index (Phi) is 6.42. The lowest BCUT2D eigenvalue weighted by atomic mass is 9.92. The van der Waals surface area contributed by atoms with Crippen LogP contribution in [0, 0.1) is 0 Å². The van der Waals surface area contributed by atoms with Gasteiger partial charge in [0.25, 0.3) is 0 Å². The van der Waals surface area contributed by atoms with Crippen LogP contribution in [0.2, 0.25) is 0 Å². The van der Waals surface area contributed by atoms with Crippen LogP contribution >= 0.6 is 11.3 Å². The van der Waals surface area contributed by atoms with Gasteiger partial charge in [-0.25, -0.2) is 9.98 Å². The van der Waals surface area contributed by atoms with Crippen molar-refractivity contribution in [3.63, 3.8) is 0 Å². The lowest BCUT2D eigenvalue weighted by Crippen LogP contribution is -2.33. The number of hydrogen-bond donors (Lipinski definition) is 1. The summed E-state index contributed by atoms with van der Waals surface area (Å²) in [6.07, 6.45) is -0.224. The molecule has 1 unspecified atom stereocenters. The second kappa shape index (κ2) is 11.3. The van der Waals surface area contributed by atoms with Crippen molar-refractivity contribution in [2.75, 3.05) is 0 Å². The monoisotopic (exact) mass is 643 g/mol. The molecule has 8 aromatic carbocycles. The van der Waals surface area contributed by atoms with Crippen molar-refractivity contribution in [2.45, 2.75) is 6.17 Å². The third-order valence-corrected chi connectivity index (χ3v) is 10.8. The molecule has 2 heterocycles. The fourth-order valence-corrected chi connectivity index (χ4v) is 8.44. The van der Waals surface area contributed by atoms with Gasteiger partial charge >= 0.3 is 0 Å². The van der Waals surface area contributed by atoms with E-state index in [1.165, 1.54) is 63.6 Å². The van der Waals surface area contributed by atoms with Gasteiger partial charge in [0.2, 0.25) is 0 Å². The third-order valence-electron chi connectivity index (χ3n) is 9.71. The van der Waals surface area contributed by atoms with Gasteiger partial charge in [-0.05, 0) is 79.3 Å². The zero-order valence-corrected chi connectivity index (χ0v) is 27.3. The van der Waals surface area contributed by atoms with E-state index in [0.29, 0.717) is 0 Å². The number of nitrogens with one attached hydrogen (secondary N) is 1. The summed E-state index contributed by atoms with van der Waals surface area (Å²) in [4.78, 5) is 10.1. The molecule has 1 aliphatic heterocycles. The summed E-state index contributed by atoms with van der Waals surface area (Å²) in [5.74, 6) is 1.57. The fraction of sp³-hybridized carbons (Fsp3) is 0.0222. The normalized spacial score (nSPS) is 14.7. The molecule has 0 spiro atoms. The Morgan fingerprint density at radius 2 is 0.959 bits per heavy atom. The van der Waals surface area contributed by atoms with Crippen LogP contribution in [-0.4, -0.2) is 11.7 Å². The van der Waals surface area contributed by atoms with Crippen LogP contribution < -0.4 is 5.32 Å². The maximum Gasteiger partial charge on any atom is 0.159 e. The zero-order valence-electron chi connectivity index (χ0n) is 26.5. The lowest BCUT2D eigenvalue weighted by molar-refractivity contribution is 0.674. The third kappa shape index (κ3) is 4.72. The van der Waals surface area contributed by atoms with Crippen molar-refractivity contribution in [3.8, 4) is 11.1 Å². The van der Waals surface area contributed by atoms with Gasteiger partial charge in [-0.3, -0.25) is 0 Å². The molecule has 10 rings (SSSR count). The maximum atomic E-state index is 5.05. The molecule has 0 saturated carbocycles. The van der Waals surface area contributed by atoms with Crippen molar-refractivity contribution in [2.24, 2.45) is 9.98 Å². The van der Waals surface area contributed by atoms with Crippen molar-refractivity contribution in [1.29, 1.82) is 0 Å². The number of hydrogen-bond acceptors (Lipinski definition) is 4. The molecule has 0 aliphatic carbocycles. The minimum atomic E-state index is -0.224. The van der Waals surface area contributed by atoms with Crippen LogP contribution in [-0.2, 0) is 0 Å². The Morgan fingerprint density at radius 3 is 1.67 bits per heavy atom. The number of thiophene rings is 1. The SMILES string of the molecule is c1ccc(C2=NC(c3ccccc3)NC(c3ccc4sc5cc(-c6ccc7c8ccccc8c8ccccc8c7c6)ccc5c4c3)=N2)cc1. The molecule has 1 aromatic heterocycles. The summed E-state index contributed by atoms with van der Waals surface area (Å²) < 4.78 is 2.54. The second-order valence-corrected chi connectivity index (χ2v) is 13.7. The van der Waals surface area contributed by atoms with Gasteiger partial charge in [0.15, 0.2) is 5.84 Å². The van der Waals surface area contributed by atoms with Crippen molar-refractivity contribution >= 4 is 75.5 Å². The fourth-order valence-electron chi connectivity index (χ4n) is 7.31. The van der Waals surface area contributed by atoms with E-state index in [9.17, 15) is 0 Å². The molecular formula is C45H29N3S. The number of benzene rings is 8. The molecule has 0 fully saturated rings. The van der Waals surface area contributed by atoms with E-state index in [1.807, 2.05) is 35.6 Å². The molecule has 0 saturated heterocycles. The predicted molar refractivity (Wildman–Crippen MR) is 209 cm³/mol. The van der Waals surface area contributed by atoms with Crippen LogP contribution in [0.15, 0.2) is 174 Å². The number of aliphatic imine (C=N–C) groups is 2. The van der Waals surface area contributed by atoms with E-state index in [-0.39, 0.29) is 6.17 Å². The summed E-state index contributed by atoms with van der Waals surface area (Å²) in [7, 11) is 0. The van der Waals surface area contributed by atoms with Crippen molar-refractivity contribution < 1.29 is 0 Å². The van der Waals surface area contributed by atoms with Gasteiger partial charge in [0.05, 0.1) is 0 Å². The summed E-state index contributed by atoms with van der Waals surface area (Å²) in [6, 6.07) is 58.7. The summed E-state index contributed by atoms with van der Waals surface area (Å²) >= 11 is 1.84. The Balaban J connectivity index is 1.06. The van der Waals surface area contributed by atoms with Crippen molar-refractivity contribution in [1.82, 2.24) is 5.32 Å². The smallest absolute Gasteiger partial charge is 0.159 e. The summed E-state index contributed by atoms with van der Waals surface area (Å²) in [5, 5.41) is 13.9. The van der Waals surface area contributed by atoms with E-state index in [1.54, 1.807) is 0 Å². The van der Waals surface area contributed by atoms with Crippen LogP contribution in [0.4, 0.5) is 0 Å². The van der Waals surface area contributed by atoms with Gasteiger partial charge in [-0.1, -0.05) is 133 Å². The first-order valence-corrected chi connectivity index (χ1v) is 17.4. The van der Waals surface area contributed by atoms with Crippen LogP contribution in [0.3, 0.4) is 0 Å². The van der Waals surface area contributed by atoms with Crippen LogP contribution in [0.25, 0.3) is 63.6 Å². The molecule has 1 atom stereocenters. The summed E-state index contributed by atoms with van der Waals surface area (Å²) in [5.41, 5.74) is 5.62. The van der Waals surface area contributed by atoms with Gasteiger partial charge in [0.1, 0.15) is 12.0 Å². The molecule has 0 radical (unpaired) electrons. The first-order valence-electron chi connectivity index (χ1n) is 16.6. The highest BCUT2D eigenvalue weighted by Crippen LogP contribution is 2.40. The largest absolute Gasteiger partial charge is 0.344 e. The van der Waals surface area contributed by atoms with Crippen molar-refractivity contribution in [3.05, 3.63) is 180 Å². The number of fused-ring (bicyclic) bond motifs is 9. The van der Waals surface area contributed by atoms with Crippen LogP contribution in [0.5, 0.6) is 0 Å². The number of amidine groups is 2. The second-order valence-electron chi connectivity index (χ2n) is 12.6. The van der Waals surface area contributed by atoms with Gasteiger partial charge in [-0.15, -0.1) is 11.3 Å². The Morgan fingerprint density at radius 1 is 0.408 bits per heavy atom. The van der Waals surface area contributed by atoms with E-state index < -0.39 is 0 Å². The average Bonchev–Trinajstić information content (AvgIpc) is 3.55. The lowest BCUT2D eigenvalue weighted by Gasteiger charge is -2.23. The molecule has 9 aromatic rings. The highest BCUT2D eigenvalue weighted by Gasteiger charge is 2.21. The molecule has 4 heteroatoms. The van der Waals surface area contributed by atoms with E-state index in [4.69, 9.17) is 9.98 Å². The highest BCUT2D eigenvalue weighted by atomic mass is 32.1. The Hall–Kier alpha value is -6.10. The first-order chi connectivity index (χ1) is 24.3. The van der Waals surface area contributed by atoms with Gasteiger partial charge in [0, 0.05) is 31.3 Å². The van der Waals surface area contributed by atoms with E-state index >= 15 is 0 Å². The molecule has 1 N–H and O–H groups in total. The molecular weight excluding hydrogens is 615 g/mol. The quantitative estimate of drug-likeness (QED) is 0.190. The number of nitrogens with zero attached hydrogens (tertiary/aromatic N) is 2. The van der Waals surface area contributed by atoms with E-state index in [2.05, 4.69) is 145 Å². The average molecular weight is 644 g/mol. The summed E-state index contributed by atoms with van der Waals surface area (Å²) in [6.45, 7) is 0. The van der Waals surface area contributed by atoms with Gasteiger partial charge < -0.3 is 5.32 Å². The standard InChI is InChI=1S/C45H29N3S/c1-3-11-28(12-4-1)43-46-44(29-13-5-2-6-14-29)48-45(47-43)32-21-24-41-40(26-32)38-23-20-31(27-42(38)49-41)30-19-22-37-35-17-8-7-15-33(35)34-16-9-10-18-36(34)39(37)25-30/h1-27,43H,(H,46,47,48). The van der Waals surface area contributed by atoms with E-state index in [0.717, 1.165) is 28.4 Å². The Labute approximate surface area is 287 Å². The Bertz CT molecular complexity index is 2760. The molecule has 0 bridgehead atoms. The minimum Gasteiger partial charge on any atom is -0.344 e. The molecule has 0 amide bonds. The zero-order chi connectivity index (χ0) is 32.3. The highest BCUT2D eigenvalue weighted by molar-refractivity contribution is 7.25. The molecule has 230 valence electrons.